The second-order valence-electron chi connectivity index (χ2n) is 4.52. The van der Waals surface area contributed by atoms with Crippen molar-refractivity contribution in [2.24, 2.45) is 0 Å². The highest BCUT2D eigenvalue weighted by Crippen LogP contribution is 2.44. The molecule has 0 bridgehead atoms. The van der Waals surface area contributed by atoms with E-state index in [1.54, 1.807) is 0 Å². The van der Waals surface area contributed by atoms with E-state index in [4.69, 9.17) is 0 Å². The molecule has 0 aliphatic heterocycles. The van der Waals surface area contributed by atoms with Gasteiger partial charge in [0.1, 0.15) is 0 Å². The van der Waals surface area contributed by atoms with Crippen LogP contribution in [0, 0.1) is 6.92 Å². The molecule has 1 unspecified atom stereocenters. The monoisotopic (exact) mass is 210 g/mol. The van der Waals surface area contributed by atoms with E-state index in [1.807, 2.05) is 0 Å². The van der Waals surface area contributed by atoms with Crippen molar-refractivity contribution in [1.29, 1.82) is 0 Å². The van der Waals surface area contributed by atoms with Gasteiger partial charge in [-0.25, -0.2) is 0 Å². The molecule has 0 radical (unpaired) electrons. The summed E-state index contributed by atoms with van der Waals surface area (Å²) >= 11 is 0. The number of hydrogen-bond donors (Lipinski definition) is 0. The van der Waals surface area contributed by atoms with Crippen molar-refractivity contribution >= 4 is 0 Å². The molecule has 1 fully saturated rings. The summed E-state index contributed by atoms with van der Waals surface area (Å²) in [5.41, 5.74) is 6.44. The summed E-state index contributed by atoms with van der Waals surface area (Å²) in [6.07, 6.45) is 3.13. The van der Waals surface area contributed by atoms with Gasteiger partial charge in [-0.1, -0.05) is 54.6 Å². The summed E-state index contributed by atoms with van der Waals surface area (Å²) in [5.74, 6) is 0.326. The molecule has 1 aromatic rings. The Bertz CT molecular complexity index is 457. The van der Waals surface area contributed by atoms with Crippen LogP contribution in [0.4, 0.5) is 0 Å². The zero-order valence-corrected chi connectivity index (χ0v) is 10.1. The van der Waals surface area contributed by atoms with Crippen LogP contribution >= 0.6 is 0 Å². The molecule has 1 aliphatic carbocycles. The lowest BCUT2D eigenvalue weighted by atomic mass is 9.91. The number of rotatable bonds is 1. The Kier molecular flexibility index (Phi) is 2.82. The fourth-order valence-corrected chi connectivity index (χ4v) is 2.38. The van der Waals surface area contributed by atoms with Crippen LogP contribution in [0.5, 0.6) is 0 Å². The van der Waals surface area contributed by atoms with Crippen LogP contribution in [0.15, 0.2) is 60.2 Å². The number of aryl methyl sites for hydroxylation is 1. The average Bonchev–Trinajstić information content (AvgIpc) is 2.56. The highest BCUT2D eigenvalue weighted by molar-refractivity contribution is 5.53. The molecule has 2 rings (SSSR count). The Morgan fingerprint density at radius 1 is 1.19 bits per heavy atom. The van der Waals surface area contributed by atoms with Gasteiger partial charge in [0.05, 0.1) is 0 Å². The van der Waals surface area contributed by atoms with E-state index in [-0.39, 0.29) is 0 Å². The first-order valence-corrected chi connectivity index (χ1v) is 5.72. The summed E-state index contributed by atoms with van der Waals surface area (Å²) in [6.45, 7) is 12.6. The minimum absolute atomic E-state index is 0.326. The molecule has 16 heavy (non-hydrogen) atoms. The molecule has 0 N–H and O–H groups in total. The van der Waals surface area contributed by atoms with Gasteiger partial charge in [-0.05, 0) is 37.0 Å². The number of allylic oxidation sites excluding steroid dienone is 4. The molecule has 0 heterocycles. The standard InChI is InChI=1S/C16H18/c1-5-14-10-12(3)16(13(14)4)15-8-6-11(2)7-9-15/h5-9,16H,3-4,10H2,1-2H3/b14-5+. The van der Waals surface area contributed by atoms with Crippen molar-refractivity contribution in [3.8, 4) is 0 Å². The van der Waals surface area contributed by atoms with Gasteiger partial charge in [-0.15, -0.1) is 0 Å². The quantitative estimate of drug-likeness (QED) is 0.597. The van der Waals surface area contributed by atoms with Crippen LogP contribution in [-0.4, -0.2) is 0 Å². The minimum Gasteiger partial charge on any atom is -0.0986 e. The van der Waals surface area contributed by atoms with Gasteiger partial charge >= 0.3 is 0 Å². The minimum atomic E-state index is 0.326. The lowest BCUT2D eigenvalue weighted by Gasteiger charge is -2.13. The predicted octanol–water partition coefficient (Wildman–Crippen LogP) is 4.54. The van der Waals surface area contributed by atoms with E-state index < -0.39 is 0 Å². The summed E-state index contributed by atoms with van der Waals surface area (Å²) in [6, 6.07) is 8.69. The number of hydrogen-bond acceptors (Lipinski definition) is 0. The van der Waals surface area contributed by atoms with Crippen LogP contribution < -0.4 is 0 Å². The van der Waals surface area contributed by atoms with Crippen molar-refractivity contribution in [3.05, 3.63) is 71.3 Å². The zero-order valence-electron chi connectivity index (χ0n) is 10.1. The molecule has 0 spiro atoms. The molecule has 0 nitrogen and oxygen atoms in total. The van der Waals surface area contributed by atoms with Crippen molar-refractivity contribution in [2.75, 3.05) is 0 Å². The molecule has 1 saturated carbocycles. The molecule has 1 atom stereocenters. The van der Waals surface area contributed by atoms with Crippen molar-refractivity contribution in [2.45, 2.75) is 26.2 Å². The summed E-state index contributed by atoms with van der Waals surface area (Å²) in [7, 11) is 0. The Morgan fingerprint density at radius 2 is 1.81 bits per heavy atom. The third-order valence-electron chi connectivity index (χ3n) is 3.35. The first-order chi connectivity index (χ1) is 7.63. The van der Waals surface area contributed by atoms with Gasteiger partial charge in [0.2, 0.25) is 0 Å². The summed E-state index contributed by atoms with van der Waals surface area (Å²) in [4.78, 5) is 0. The lowest BCUT2D eigenvalue weighted by Crippen LogP contribution is -1.96. The maximum atomic E-state index is 4.21. The third kappa shape index (κ3) is 1.76. The van der Waals surface area contributed by atoms with Crippen LogP contribution in [-0.2, 0) is 0 Å². The topological polar surface area (TPSA) is 0 Å². The molecule has 0 aromatic heterocycles. The van der Waals surface area contributed by atoms with Gasteiger partial charge in [-0.2, -0.15) is 0 Å². The van der Waals surface area contributed by atoms with Crippen molar-refractivity contribution in [3.63, 3.8) is 0 Å². The summed E-state index contributed by atoms with van der Waals surface area (Å²) in [5, 5.41) is 0. The van der Waals surface area contributed by atoms with Crippen LogP contribution in [0.3, 0.4) is 0 Å². The summed E-state index contributed by atoms with van der Waals surface area (Å²) < 4.78 is 0. The van der Waals surface area contributed by atoms with Gasteiger partial charge in [0, 0.05) is 5.92 Å². The smallest absolute Gasteiger partial charge is 0.0296 e. The van der Waals surface area contributed by atoms with E-state index in [1.165, 1.54) is 27.8 Å². The Hall–Kier alpha value is -1.56. The molecule has 1 aromatic carbocycles. The molecular formula is C16H18. The molecule has 82 valence electrons. The highest BCUT2D eigenvalue weighted by Gasteiger charge is 2.27. The first kappa shape index (κ1) is 10.9. The second kappa shape index (κ2) is 4.13. The van der Waals surface area contributed by atoms with Crippen molar-refractivity contribution < 1.29 is 0 Å². The fourth-order valence-electron chi connectivity index (χ4n) is 2.38. The SMILES string of the molecule is C=C1C/C(=C\C)C(=C)C1c1ccc(C)cc1. The Morgan fingerprint density at radius 3 is 2.31 bits per heavy atom. The fraction of sp³-hybridized carbons (Fsp3) is 0.250. The van der Waals surface area contributed by atoms with Gasteiger partial charge in [0.25, 0.3) is 0 Å². The number of benzene rings is 1. The lowest BCUT2D eigenvalue weighted by molar-refractivity contribution is 0.998. The highest BCUT2D eigenvalue weighted by atomic mass is 14.3. The molecule has 0 saturated heterocycles. The Balaban J connectivity index is 2.38. The van der Waals surface area contributed by atoms with Gasteiger partial charge in [0.15, 0.2) is 0 Å². The van der Waals surface area contributed by atoms with E-state index in [0.29, 0.717) is 5.92 Å². The normalized spacial score (nSPS) is 23.1. The molecule has 0 heteroatoms. The maximum absolute atomic E-state index is 4.21. The van der Waals surface area contributed by atoms with E-state index in [9.17, 15) is 0 Å². The van der Waals surface area contributed by atoms with Gasteiger partial charge in [-0.3, -0.25) is 0 Å². The van der Waals surface area contributed by atoms with E-state index >= 15 is 0 Å². The predicted molar refractivity (Wildman–Crippen MR) is 70.6 cm³/mol. The third-order valence-corrected chi connectivity index (χ3v) is 3.35. The van der Waals surface area contributed by atoms with E-state index in [2.05, 4.69) is 57.3 Å². The van der Waals surface area contributed by atoms with Crippen LogP contribution in [0.1, 0.15) is 30.4 Å². The van der Waals surface area contributed by atoms with Crippen molar-refractivity contribution in [1.82, 2.24) is 0 Å². The van der Waals surface area contributed by atoms with Crippen LogP contribution in [0.25, 0.3) is 0 Å². The zero-order chi connectivity index (χ0) is 11.7. The largest absolute Gasteiger partial charge is 0.0986 e. The molecular weight excluding hydrogens is 192 g/mol. The molecule has 1 aliphatic rings. The molecule has 0 amide bonds. The average molecular weight is 210 g/mol. The van der Waals surface area contributed by atoms with Crippen LogP contribution in [0.2, 0.25) is 0 Å². The van der Waals surface area contributed by atoms with Gasteiger partial charge < -0.3 is 0 Å². The Labute approximate surface area is 98.0 Å². The maximum Gasteiger partial charge on any atom is 0.0296 e. The first-order valence-electron chi connectivity index (χ1n) is 5.72. The van der Waals surface area contributed by atoms with E-state index in [0.717, 1.165) is 6.42 Å². The second-order valence-corrected chi connectivity index (χ2v) is 4.52.